The van der Waals surface area contributed by atoms with Gasteiger partial charge in [-0.2, -0.15) is 0 Å². The molecule has 1 rings (SSSR count). The van der Waals surface area contributed by atoms with Crippen LogP contribution < -0.4 is 0 Å². The van der Waals surface area contributed by atoms with Crippen LogP contribution in [0.15, 0.2) is 30.3 Å². The summed E-state index contributed by atoms with van der Waals surface area (Å²) in [5.74, 6) is -1.29. The molecule has 1 N–H and O–H groups in total. The molecule has 0 radical (unpaired) electrons. The Balaban J connectivity index is 3.18. The third kappa shape index (κ3) is 4.25. The minimum Gasteiger partial charge on any atom is -0.481 e. The van der Waals surface area contributed by atoms with Crippen LogP contribution in [0, 0.1) is 0 Å². The van der Waals surface area contributed by atoms with Crippen LogP contribution in [0.4, 0.5) is 0 Å². The van der Waals surface area contributed by atoms with Gasteiger partial charge in [-0.15, -0.1) is 0 Å². The predicted molar refractivity (Wildman–Crippen MR) is 72.9 cm³/mol. The zero-order valence-electron chi connectivity index (χ0n) is 11.2. The number of rotatable bonds is 6. The van der Waals surface area contributed by atoms with Crippen molar-refractivity contribution >= 4 is 17.5 Å². The van der Waals surface area contributed by atoms with Gasteiger partial charge in [0.1, 0.15) is 0 Å². The van der Waals surface area contributed by atoms with E-state index >= 15 is 0 Å². The Labute approximate surface area is 112 Å². The molecular weight excluding hydrogens is 244 g/mol. The number of hydrogen-bond donors (Lipinski definition) is 1. The summed E-state index contributed by atoms with van der Waals surface area (Å²) in [5.41, 5.74) is 2.08. The quantitative estimate of drug-likeness (QED) is 0.800. The Morgan fingerprint density at radius 3 is 2.42 bits per heavy atom. The van der Waals surface area contributed by atoms with Gasteiger partial charge in [0.05, 0.1) is 19.1 Å². The fourth-order valence-electron chi connectivity index (χ4n) is 1.88. The molecule has 0 atom stereocenters. The Bertz CT molecular complexity index is 489. The zero-order chi connectivity index (χ0) is 14.3. The third-order valence-corrected chi connectivity index (χ3v) is 2.72. The molecule has 1 aromatic rings. The van der Waals surface area contributed by atoms with Gasteiger partial charge in [0.2, 0.25) is 0 Å². The summed E-state index contributed by atoms with van der Waals surface area (Å²) in [6.45, 7) is 2.01. The van der Waals surface area contributed by atoms with E-state index in [1.165, 1.54) is 7.11 Å². The van der Waals surface area contributed by atoms with Gasteiger partial charge in [-0.3, -0.25) is 4.79 Å². The van der Waals surface area contributed by atoms with Crippen molar-refractivity contribution in [3.8, 4) is 0 Å². The first-order chi connectivity index (χ1) is 9.10. The second kappa shape index (κ2) is 7.36. The summed E-state index contributed by atoms with van der Waals surface area (Å²) in [7, 11) is 1.33. The molecule has 0 aliphatic heterocycles. The maximum Gasteiger partial charge on any atom is 0.338 e. The van der Waals surface area contributed by atoms with E-state index in [0.29, 0.717) is 5.56 Å². The van der Waals surface area contributed by atoms with Crippen molar-refractivity contribution in [3.05, 3.63) is 41.5 Å². The molecule has 0 aliphatic rings. The number of carbonyl (C=O) groups excluding carboxylic acids is 1. The van der Waals surface area contributed by atoms with E-state index in [9.17, 15) is 9.59 Å². The number of benzene rings is 1. The average molecular weight is 262 g/mol. The zero-order valence-corrected chi connectivity index (χ0v) is 11.2. The van der Waals surface area contributed by atoms with Crippen LogP contribution in [-0.2, 0) is 9.53 Å². The number of allylic oxidation sites excluding steroid dienone is 1. The number of aliphatic carboxylic acids is 1. The lowest BCUT2D eigenvalue weighted by Crippen LogP contribution is -2.05. The monoisotopic (exact) mass is 262 g/mol. The molecule has 4 nitrogen and oxygen atoms in total. The smallest absolute Gasteiger partial charge is 0.338 e. The van der Waals surface area contributed by atoms with E-state index in [-0.39, 0.29) is 6.42 Å². The molecule has 102 valence electrons. The van der Waals surface area contributed by atoms with Crippen LogP contribution >= 0.6 is 0 Å². The van der Waals surface area contributed by atoms with E-state index in [1.54, 1.807) is 18.2 Å². The lowest BCUT2D eigenvalue weighted by atomic mass is 9.95. The van der Waals surface area contributed by atoms with Crippen molar-refractivity contribution in [2.75, 3.05) is 7.11 Å². The predicted octanol–water partition coefficient (Wildman–Crippen LogP) is 3.13. The maximum absolute atomic E-state index is 11.7. The van der Waals surface area contributed by atoms with Gasteiger partial charge >= 0.3 is 11.9 Å². The van der Waals surface area contributed by atoms with Crippen LogP contribution in [0.25, 0.3) is 5.57 Å². The molecule has 0 saturated carbocycles. The van der Waals surface area contributed by atoms with Crippen molar-refractivity contribution < 1.29 is 19.4 Å². The first kappa shape index (κ1) is 15.0. The number of hydrogen-bond acceptors (Lipinski definition) is 3. The first-order valence-electron chi connectivity index (χ1n) is 6.18. The molecule has 4 heteroatoms. The van der Waals surface area contributed by atoms with Crippen LogP contribution in [0.2, 0.25) is 0 Å². The number of carboxylic acid groups (broad SMARTS) is 1. The van der Waals surface area contributed by atoms with E-state index in [0.717, 1.165) is 24.0 Å². The molecule has 0 saturated heterocycles. The van der Waals surface area contributed by atoms with Crippen molar-refractivity contribution in [1.29, 1.82) is 0 Å². The highest BCUT2D eigenvalue weighted by molar-refractivity contribution is 5.95. The fraction of sp³-hybridized carbons (Fsp3) is 0.333. The van der Waals surface area contributed by atoms with Crippen molar-refractivity contribution in [1.82, 2.24) is 0 Å². The van der Waals surface area contributed by atoms with E-state index < -0.39 is 11.9 Å². The molecule has 0 aliphatic carbocycles. The minimum absolute atomic E-state index is 0.0508. The van der Waals surface area contributed by atoms with Crippen LogP contribution in [0.1, 0.15) is 42.1 Å². The first-order valence-corrected chi connectivity index (χ1v) is 6.18. The lowest BCUT2D eigenvalue weighted by molar-refractivity contribution is -0.136. The molecule has 0 heterocycles. The average Bonchev–Trinajstić information content (AvgIpc) is 2.42. The van der Waals surface area contributed by atoms with Gasteiger partial charge in [-0.25, -0.2) is 4.79 Å². The third-order valence-electron chi connectivity index (χ3n) is 2.72. The van der Waals surface area contributed by atoms with Gasteiger partial charge < -0.3 is 9.84 Å². The highest BCUT2D eigenvalue weighted by atomic mass is 16.5. The Morgan fingerprint density at radius 1 is 1.26 bits per heavy atom. The molecule has 0 amide bonds. The molecule has 0 spiro atoms. The number of esters is 1. The Morgan fingerprint density at radius 2 is 1.89 bits per heavy atom. The molecular formula is C15H18O4. The van der Waals surface area contributed by atoms with Gasteiger partial charge in [-0.05, 0) is 23.6 Å². The van der Waals surface area contributed by atoms with Gasteiger partial charge in [0.25, 0.3) is 0 Å². The number of carbonyl (C=O) groups is 2. The summed E-state index contributed by atoms with van der Waals surface area (Å²) in [5, 5.41) is 8.77. The van der Waals surface area contributed by atoms with Gasteiger partial charge in [0.15, 0.2) is 0 Å². The minimum atomic E-state index is -0.885. The second-order valence-corrected chi connectivity index (χ2v) is 4.11. The SMILES string of the molecule is CCC/C(=C\CC(=O)O)c1ccccc1C(=O)OC. The number of carboxylic acids is 1. The van der Waals surface area contributed by atoms with Gasteiger partial charge in [-0.1, -0.05) is 37.6 Å². The molecule has 0 unspecified atom stereocenters. The van der Waals surface area contributed by atoms with Crippen LogP contribution in [0.5, 0.6) is 0 Å². The van der Waals surface area contributed by atoms with Crippen LogP contribution in [0.3, 0.4) is 0 Å². The Hall–Kier alpha value is -2.10. The van der Waals surface area contributed by atoms with Crippen LogP contribution in [-0.4, -0.2) is 24.2 Å². The topological polar surface area (TPSA) is 63.6 Å². The lowest BCUT2D eigenvalue weighted by Gasteiger charge is -2.11. The largest absolute Gasteiger partial charge is 0.481 e. The molecule has 19 heavy (non-hydrogen) atoms. The second-order valence-electron chi connectivity index (χ2n) is 4.11. The fourth-order valence-corrected chi connectivity index (χ4v) is 1.88. The van der Waals surface area contributed by atoms with Crippen molar-refractivity contribution in [2.45, 2.75) is 26.2 Å². The van der Waals surface area contributed by atoms with Crippen molar-refractivity contribution in [3.63, 3.8) is 0 Å². The number of methoxy groups -OCH3 is 1. The van der Waals surface area contributed by atoms with E-state index in [2.05, 4.69) is 0 Å². The van der Waals surface area contributed by atoms with E-state index in [4.69, 9.17) is 9.84 Å². The molecule has 1 aromatic carbocycles. The molecule has 0 bridgehead atoms. The normalized spacial score (nSPS) is 11.2. The summed E-state index contributed by atoms with van der Waals surface area (Å²) < 4.78 is 4.75. The summed E-state index contributed by atoms with van der Waals surface area (Å²) >= 11 is 0. The highest BCUT2D eigenvalue weighted by Crippen LogP contribution is 2.24. The van der Waals surface area contributed by atoms with E-state index in [1.807, 2.05) is 19.1 Å². The highest BCUT2D eigenvalue weighted by Gasteiger charge is 2.13. The summed E-state index contributed by atoms with van der Waals surface area (Å²) in [6, 6.07) is 7.09. The van der Waals surface area contributed by atoms with Gasteiger partial charge in [0, 0.05) is 0 Å². The molecule has 0 fully saturated rings. The molecule has 0 aromatic heterocycles. The number of ether oxygens (including phenoxy) is 1. The summed E-state index contributed by atoms with van der Waals surface area (Å²) in [6.07, 6.45) is 3.21. The summed E-state index contributed by atoms with van der Waals surface area (Å²) in [4.78, 5) is 22.4. The maximum atomic E-state index is 11.7. The Kier molecular flexibility index (Phi) is 5.79. The standard InChI is InChI=1S/C15H18O4/c1-3-6-11(9-10-14(16)17)12-7-4-5-8-13(12)15(18)19-2/h4-5,7-9H,3,6,10H2,1-2H3,(H,16,17)/b11-9+. The van der Waals surface area contributed by atoms with Crippen molar-refractivity contribution in [2.24, 2.45) is 0 Å².